The monoisotopic (exact) mass is 481 g/mol. The van der Waals surface area contributed by atoms with Crippen molar-refractivity contribution >= 4 is 32.3 Å². The van der Waals surface area contributed by atoms with E-state index >= 15 is 0 Å². The predicted molar refractivity (Wildman–Crippen MR) is 119 cm³/mol. The van der Waals surface area contributed by atoms with Crippen LogP contribution in [0.1, 0.15) is 38.2 Å². The molecule has 2 aromatic heterocycles. The van der Waals surface area contributed by atoms with Crippen LogP contribution < -0.4 is 10.6 Å². The molecule has 2 amide bonds. The number of halogens is 1. The minimum absolute atomic E-state index is 0.221. The lowest BCUT2D eigenvalue weighted by Gasteiger charge is -2.10. The molecule has 0 spiro atoms. The number of aromatic nitrogens is 3. The summed E-state index contributed by atoms with van der Waals surface area (Å²) in [6, 6.07) is 3.43. The quantitative estimate of drug-likeness (QED) is 0.549. The summed E-state index contributed by atoms with van der Waals surface area (Å²) in [5.41, 5.74) is 0.836. The van der Waals surface area contributed by atoms with Gasteiger partial charge < -0.3 is 9.84 Å². The lowest BCUT2D eigenvalue weighted by Crippen LogP contribution is -2.30. The number of benzene rings is 1. The van der Waals surface area contributed by atoms with Crippen LogP contribution in [0.25, 0.3) is 10.4 Å². The molecule has 0 saturated carbocycles. The number of anilines is 1. The highest BCUT2D eigenvalue weighted by Crippen LogP contribution is 2.34. The molecule has 172 valence electrons. The van der Waals surface area contributed by atoms with Gasteiger partial charge in [-0.25, -0.2) is 22.6 Å². The Morgan fingerprint density at radius 2 is 1.97 bits per heavy atom. The van der Waals surface area contributed by atoms with E-state index in [9.17, 15) is 17.6 Å². The van der Waals surface area contributed by atoms with E-state index in [0.717, 1.165) is 23.7 Å². The molecule has 3 rings (SSSR count). The van der Waals surface area contributed by atoms with Crippen molar-refractivity contribution in [2.75, 3.05) is 18.1 Å². The number of hydrogen-bond acceptors (Lipinski definition) is 8. The van der Waals surface area contributed by atoms with Gasteiger partial charge >= 0.3 is 6.03 Å². The smallest absolute Gasteiger partial charge is 0.321 e. The molecule has 0 aliphatic rings. The van der Waals surface area contributed by atoms with E-state index in [4.69, 9.17) is 4.52 Å². The first-order valence-electron chi connectivity index (χ1n) is 9.70. The average molecular weight is 482 g/mol. The predicted octanol–water partition coefficient (Wildman–Crippen LogP) is 3.71. The third-order valence-electron chi connectivity index (χ3n) is 4.37. The Bertz CT molecular complexity index is 1250. The largest absolute Gasteiger partial charge is 0.339 e. The van der Waals surface area contributed by atoms with Crippen molar-refractivity contribution < 1.29 is 22.1 Å². The summed E-state index contributed by atoms with van der Waals surface area (Å²) >= 11 is 1.16. The average Bonchev–Trinajstić information content (AvgIpc) is 3.27. The summed E-state index contributed by atoms with van der Waals surface area (Å²) in [6.07, 6.45) is 1.33. The number of rotatable bonds is 6. The number of sulfone groups is 1. The molecule has 0 aliphatic carbocycles. The van der Waals surface area contributed by atoms with Crippen LogP contribution >= 0.6 is 11.3 Å². The summed E-state index contributed by atoms with van der Waals surface area (Å²) in [7, 11) is -3.66. The van der Waals surface area contributed by atoms with Gasteiger partial charge in [0.25, 0.3) is 0 Å². The SMILES string of the molecule is Cc1nc(NC(=O)NCCc2nc(C(C)(C)C)no2)sc1-c1ccc(S(C)(=O)=O)c(F)c1. The molecule has 12 heteroatoms. The maximum Gasteiger partial charge on any atom is 0.321 e. The van der Waals surface area contributed by atoms with Gasteiger partial charge in [-0.1, -0.05) is 43.3 Å². The van der Waals surface area contributed by atoms with E-state index in [-0.39, 0.29) is 16.9 Å². The second-order valence-corrected chi connectivity index (χ2v) is 11.2. The highest BCUT2D eigenvalue weighted by atomic mass is 32.2. The van der Waals surface area contributed by atoms with Crippen molar-refractivity contribution in [1.29, 1.82) is 0 Å². The summed E-state index contributed by atoms with van der Waals surface area (Å²) in [6.45, 7) is 7.94. The molecule has 0 fully saturated rings. The molecule has 0 bridgehead atoms. The van der Waals surface area contributed by atoms with Crippen LogP contribution in [-0.4, -0.2) is 42.4 Å². The van der Waals surface area contributed by atoms with Crippen LogP contribution in [0.2, 0.25) is 0 Å². The van der Waals surface area contributed by atoms with Gasteiger partial charge in [0.1, 0.15) is 10.7 Å². The fourth-order valence-electron chi connectivity index (χ4n) is 2.75. The Morgan fingerprint density at radius 1 is 1.25 bits per heavy atom. The number of nitrogens with one attached hydrogen (secondary N) is 2. The molecule has 0 saturated heterocycles. The molecule has 3 aromatic rings. The zero-order valence-corrected chi connectivity index (χ0v) is 19.9. The van der Waals surface area contributed by atoms with E-state index in [2.05, 4.69) is 25.8 Å². The van der Waals surface area contributed by atoms with Gasteiger partial charge in [0.05, 0.1) is 10.6 Å². The van der Waals surface area contributed by atoms with Crippen molar-refractivity contribution in [3.63, 3.8) is 0 Å². The van der Waals surface area contributed by atoms with E-state index < -0.39 is 21.7 Å². The van der Waals surface area contributed by atoms with Crippen molar-refractivity contribution in [2.45, 2.75) is 44.4 Å². The van der Waals surface area contributed by atoms with Crippen LogP contribution in [0.4, 0.5) is 14.3 Å². The highest BCUT2D eigenvalue weighted by Gasteiger charge is 2.21. The third kappa shape index (κ3) is 5.68. The van der Waals surface area contributed by atoms with Crippen LogP contribution in [-0.2, 0) is 21.7 Å². The van der Waals surface area contributed by atoms with Crippen LogP contribution in [0.15, 0.2) is 27.6 Å². The number of urea groups is 1. The first-order chi connectivity index (χ1) is 14.8. The molecular formula is C20H24FN5O4S2. The molecule has 1 aromatic carbocycles. The molecule has 0 atom stereocenters. The Morgan fingerprint density at radius 3 is 2.56 bits per heavy atom. The first kappa shape index (κ1) is 23.8. The normalized spacial score (nSPS) is 12.1. The summed E-state index contributed by atoms with van der Waals surface area (Å²) in [5.74, 6) is 0.201. The molecule has 9 nitrogen and oxygen atoms in total. The van der Waals surface area contributed by atoms with Crippen LogP contribution in [0, 0.1) is 12.7 Å². The minimum Gasteiger partial charge on any atom is -0.339 e. The van der Waals surface area contributed by atoms with Gasteiger partial charge in [0, 0.05) is 24.6 Å². The molecule has 0 aliphatic heterocycles. The lowest BCUT2D eigenvalue weighted by atomic mass is 9.96. The zero-order chi connectivity index (χ0) is 23.7. The van der Waals surface area contributed by atoms with E-state index in [1.54, 1.807) is 6.92 Å². The summed E-state index contributed by atoms with van der Waals surface area (Å²) in [5, 5.41) is 9.60. The Kier molecular flexibility index (Phi) is 6.65. The maximum absolute atomic E-state index is 14.2. The van der Waals surface area contributed by atoms with Gasteiger partial charge in [0.15, 0.2) is 20.8 Å². The Labute approximate surface area is 189 Å². The standard InChI is InChI=1S/C20H24FN5O4S2/c1-11-16(12-6-7-14(13(21)10-12)32(5,28)29)31-19(23-11)25-18(27)22-9-8-15-24-17(26-30-15)20(2,3)4/h6-7,10H,8-9H2,1-5H3,(H2,22,23,25,27). The Balaban J connectivity index is 1.61. The fourth-order valence-corrected chi connectivity index (χ4v) is 4.43. The van der Waals surface area contributed by atoms with Crippen LogP contribution in [0.3, 0.4) is 0 Å². The van der Waals surface area contributed by atoms with Crippen molar-refractivity contribution in [1.82, 2.24) is 20.4 Å². The molecule has 32 heavy (non-hydrogen) atoms. The van der Waals surface area contributed by atoms with E-state index in [0.29, 0.717) is 39.4 Å². The topological polar surface area (TPSA) is 127 Å². The number of carbonyl (C=O) groups excluding carboxylic acids is 1. The first-order valence-corrected chi connectivity index (χ1v) is 12.4. The summed E-state index contributed by atoms with van der Waals surface area (Å²) in [4.78, 5) is 21.0. The van der Waals surface area contributed by atoms with Gasteiger partial charge in [-0.15, -0.1) is 0 Å². The lowest BCUT2D eigenvalue weighted by molar-refractivity contribution is 0.252. The number of amides is 2. The zero-order valence-electron chi connectivity index (χ0n) is 18.3. The number of aryl methyl sites for hydroxylation is 1. The van der Waals surface area contributed by atoms with E-state index in [1.807, 2.05) is 20.8 Å². The fraction of sp³-hybridized carbons (Fsp3) is 0.400. The van der Waals surface area contributed by atoms with Crippen molar-refractivity contribution in [3.05, 3.63) is 41.4 Å². The van der Waals surface area contributed by atoms with Gasteiger partial charge in [-0.3, -0.25) is 5.32 Å². The molecule has 2 N–H and O–H groups in total. The molecular weight excluding hydrogens is 457 g/mol. The van der Waals surface area contributed by atoms with Gasteiger partial charge in [-0.05, 0) is 24.6 Å². The van der Waals surface area contributed by atoms with Crippen molar-refractivity contribution in [2.24, 2.45) is 0 Å². The minimum atomic E-state index is -3.66. The maximum atomic E-state index is 14.2. The second kappa shape index (κ2) is 8.94. The summed E-state index contributed by atoms with van der Waals surface area (Å²) < 4.78 is 42.6. The third-order valence-corrected chi connectivity index (χ3v) is 6.63. The molecule has 0 unspecified atom stereocenters. The molecule has 2 heterocycles. The van der Waals surface area contributed by atoms with Crippen LogP contribution in [0.5, 0.6) is 0 Å². The van der Waals surface area contributed by atoms with Gasteiger partial charge in [-0.2, -0.15) is 4.98 Å². The number of nitrogens with zero attached hydrogens (tertiary/aromatic N) is 3. The number of thiazole rings is 1. The van der Waals surface area contributed by atoms with Gasteiger partial charge in [0.2, 0.25) is 5.89 Å². The van der Waals surface area contributed by atoms with Crippen molar-refractivity contribution in [3.8, 4) is 10.4 Å². The molecule has 0 radical (unpaired) electrons. The second-order valence-electron chi connectivity index (χ2n) is 8.24. The number of hydrogen-bond donors (Lipinski definition) is 2. The van der Waals surface area contributed by atoms with E-state index in [1.165, 1.54) is 12.1 Å². The highest BCUT2D eigenvalue weighted by molar-refractivity contribution is 7.90. The number of carbonyl (C=O) groups is 1. The Hall–Kier alpha value is -2.86.